The highest BCUT2D eigenvalue weighted by Crippen LogP contribution is 2.27. The molecule has 198 valence electrons. The van der Waals surface area contributed by atoms with E-state index in [2.05, 4.69) is 0 Å². The van der Waals surface area contributed by atoms with Gasteiger partial charge in [-0.25, -0.2) is 22.4 Å². The summed E-state index contributed by atoms with van der Waals surface area (Å²) in [6.45, 7) is -3.19. The molecule has 0 heterocycles. The van der Waals surface area contributed by atoms with Crippen LogP contribution in [0.25, 0.3) is 11.1 Å². The van der Waals surface area contributed by atoms with Gasteiger partial charge in [-0.15, -0.1) is 0 Å². The molecule has 0 fully saturated rings. The Hall–Kier alpha value is -3.47. The monoisotopic (exact) mass is 522 g/mol. The highest BCUT2D eigenvalue weighted by Gasteiger charge is 2.30. The number of ether oxygens (including phenoxy) is 2. The summed E-state index contributed by atoms with van der Waals surface area (Å²) in [5.41, 5.74) is -0.572. The van der Waals surface area contributed by atoms with Crippen LogP contribution in [0.2, 0.25) is 0 Å². The summed E-state index contributed by atoms with van der Waals surface area (Å²) in [6.07, 6.45) is -0.297. The van der Waals surface area contributed by atoms with Gasteiger partial charge >= 0.3 is 5.97 Å². The van der Waals surface area contributed by atoms with E-state index in [0.717, 1.165) is 12.1 Å². The second kappa shape index (κ2) is 12.7. The number of carbonyl (C=O) groups excluding carboxylic acids is 1. The van der Waals surface area contributed by atoms with Crippen LogP contribution in [0.1, 0.15) is 11.1 Å². The molecule has 6 nitrogen and oxygen atoms in total. The molecule has 0 aromatic heterocycles. The Kier molecular flexibility index (Phi) is 9.62. The summed E-state index contributed by atoms with van der Waals surface area (Å²) < 4.78 is 67.3. The van der Waals surface area contributed by atoms with E-state index >= 15 is 0 Å². The first-order valence-electron chi connectivity index (χ1n) is 11.3. The maximum absolute atomic E-state index is 15.0. The van der Waals surface area contributed by atoms with Crippen molar-refractivity contribution in [1.82, 2.24) is 0 Å². The van der Waals surface area contributed by atoms with Gasteiger partial charge in [-0.05, 0) is 65.9 Å². The summed E-state index contributed by atoms with van der Waals surface area (Å²) in [6, 6.07) is 11.9. The van der Waals surface area contributed by atoms with E-state index in [4.69, 9.17) is 9.47 Å². The molecule has 3 N–H and O–H groups in total. The number of aryl methyl sites for hydroxylation is 1. The van der Waals surface area contributed by atoms with Crippen LogP contribution in [-0.4, -0.2) is 54.3 Å². The molecule has 3 aromatic carbocycles. The fraction of sp³-hybridized carbons (Fsp3) is 0.296. The zero-order valence-electron chi connectivity index (χ0n) is 19.7. The number of hydrogen-bond acceptors (Lipinski definition) is 6. The molecule has 10 heteroatoms. The van der Waals surface area contributed by atoms with Gasteiger partial charge in [0.25, 0.3) is 0 Å². The lowest BCUT2D eigenvalue weighted by Gasteiger charge is -2.26. The average Bonchev–Trinajstić information content (AvgIpc) is 2.90. The van der Waals surface area contributed by atoms with E-state index in [0.29, 0.717) is 11.1 Å². The van der Waals surface area contributed by atoms with Crippen molar-refractivity contribution in [1.29, 1.82) is 0 Å². The molecule has 3 aromatic rings. The number of benzene rings is 3. The lowest BCUT2D eigenvalue weighted by Crippen LogP contribution is -2.40. The number of carbonyl (C=O) groups is 1. The summed E-state index contributed by atoms with van der Waals surface area (Å²) in [7, 11) is 0. The van der Waals surface area contributed by atoms with E-state index in [9.17, 15) is 37.7 Å². The van der Waals surface area contributed by atoms with Crippen LogP contribution in [-0.2, 0) is 22.4 Å². The second-order valence-electron chi connectivity index (χ2n) is 8.58. The van der Waals surface area contributed by atoms with E-state index in [-0.39, 0.29) is 24.0 Å². The van der Waals surface area contributed by atoms with Gasteiger partial charge in [0.2, 0.25) is 0 Å². The highest BCUT2D eigenvalue weighted by atomic mass is 19.1. The zero-order chi connectivity index (χ0) is 27.0. The Labute approximate surface area is 210 Å². The molecule has 0 aliphatic rings. The Morgan fingerprint density at radius 1 is 0.811 bits per heavy atom. The minimum atomic E-state index is -1.44. The molecule has 0 unspecified atom stereocenters. The molecule has 0 radical (unpaired) electrons. The van der Waals surface area contributed by atoms with E-state index in [1.165, 1.54) is 36.4 Å². The first-order valence-corrected chi connectivity index (χ1v) is 11.3. The SMILES string of the molecule is O=C(COc1ccc(F)c(CCc2cc(-c3cccc(F)c3)ccc2F)c1F)OCC(CO)(CO)CO. The molecule has 0 saturated carbocycles. The number of hydrogen-bond donors (Lipinski definition) is 3. The quantitative estimate of drug-likeness (QED) is 0.249. The first-order chi connectivity index (χ1) is 17.7. The smallest absolute Gasteiger partial charge is 0.344 e. The predicted octanol–water partition coefficient (Wildman–Crippen LogP) is 3.58. The first kappa shape index (κ1) is 28.1. The van der Waals surface area contributed by atoms with Crippen LogP contribution in [0.4, 0.5) is 17.6 Å². The molecular weight excluding hydrogens is 496 g/mol. The normalized spacial score (nSPS) is 11.4. The van der Waals surface area contributed by atoms with E-state index in [1.807, 2.05) is 0 Å². The molecule has 0 bridgehead atoms. The van der Waals surface area contributed by atoms with Crippen molar-refractivity contribution in [2.45, 2.75) is 12.8 Å². The van der Waals surface area contributed by atoms with Crippen LogP contribution in [0.15, 0.2) is 54.6 Å². The Bertz CT molecular complexity index is 1220. The van der Waals surface area contributed by atoms with E-state index in [1.54, 1.807) is 6.07 Å². The van der Waals surface area contributed by atoms with Crippen LogP contribution in [0.5, 0.6) is 5.75 Å². The largest absolute Gasteiger partial charge is 0.479 e. The van der Waals surface area contributed by atoms with Gasteiger partial charge in [0.05, 0.1) is 25.2 Å². The van der Waals surface area contributed by atoms with Crippen LogP contribution in [0, 0.1) is 28.7 Å². The molecule has 0 atom stereocenters. The Morgan fingerprint density at radius 2 is 1.49 bits per heavy atom. The van der Waals surface area contributed by atoms with Crippen LogP contribution in [0.3, 0.4) is 0 Å². The molecule has 3 rings (SSSR count). The predicted molar refractivity (Wildman–Crippen MR) is 126 cm³/mol. The highest BCUT2D eigenvalue weighted by molar-refractivity contribution is 5.71. The van der Waals surface area contributed by atoms with Crippen molar-refractivity contribution in [2.24, 2.45) is 5.41 Å². The number of rotatable bonds is 12. The van der Waals surface area contributed by atoms with E-state index < -0.39 is 73.4 Å². The third-order valence-electron chi connectivity index (χ3n) is 5.89. The van der Waals surface area contributed by atoms with Crippen LogP contribution < -0.4 is 4.74 Å². The Morgan fingerprint density at radius 3 is 2.16 bits per heavy atom. The number of halogens is 4. The standard InChI is InChI=1S/C27H26F4O6/c28-20-3-1-2-17(11-20)18-5-7-22(29)19(10-18)4-6-21-23(30)8-9-24(26(21)31)36-12-25(35)37-16-27(13-32,14-33)15-34/h1-3,5,7-11,32-34H,4,6,12-16H2. The maximum atomic E-state index is 15.0. The fourth-order valence-corrected chi connectivity index (χ4v) is 3.49. The number of aliphatic hydroxyl groups is 3. The van der Waals surface area contributed by atoms with Crippen molar-refractivity contribution < 1.29 is 47.1 Å². The molecule has 0 aliphatic heterocycles. The minimum Gasteiger partial charge on any atom is -0.479 e. The molecule has 0 spiro atoms. The number of aliphatic hydroxyl groups excluding tert-OH is 3. The van der Waals surface area contributed by atoms with Gasteiger partial charge in [-0.3, -0.25) is 0 Å². The van der Waals surface area contributed by atoms with Crippen molar-refractivity contribution >= 4 is 5.97 Å². The average molecular weight is 522 g/mol. The van der Waals surface area contributed by atoms with Crippen molar-refractivity contribution in [3.05, 3.63) is 89.0 Å². The number of esters is 1. The lowest BCUT2D eigenvalue weighted by atomic mass is 9.93. The molecule has 0 aliphatic carbocycles. The summed E-state index contributed by atoms with van der Waals surface area (Å²) in [5.74, 6) is -4.39. The Balaban J connectivity index is 1.68. The summed E-state index contributed by atoms with van der Waals surface area (Å²) in [4.78, 5) is 11.9. The summed E-state index contributed by atoms with van der Waals surface area (Å²) >= 11 is 0. The maximum Gasteiger partial charge on any atom is 0.344 e. The van der Waals surface area contributed by atoms with Gasteiger partial charge < -0.3 is 24.8 Å². The van der Waals surface area contributed by atoms with Crippen molar-refractivity contribution in [2.75, 3.05) is 33.0 Å². The van der Waals surface area contributed by atoms with Gasteiger partial charge in [0, 0.05) is 5.56 Å². The second-order valence-corrected chi connectivity index (χ2v) is 8.58. The fourth-order valence-electron chi connectivity index (χ4n) is 3.49. The third kappa shape index (κ3) is 7.06. The summed E-state index contributed by atoms with van der Waals surface area (Å²) in [5, 5.41) is 27.8. The molecule has 0 saturated heterocycles. The van der Waals surface area contributed by atoms with Crippen molar-refractivity contribution in [3.63, 3.8) is 0 Å². The molecular formula is C27H26F4O6. The van der Waals surface area contributed by atoms with Gasteiger partial charge in [0.1, 0.15) is 24.1 Å². The topological polar surface area (TPSA) is 96.2 Å². The minimum absolute atomic E-state index is 0.0696. The van der Waals surface area contributed by atoms with Crippen LogP contribution >= 0.6 is 0 Å². The lowest BCUT2D eigenvalue weighted by molar-refractivity contribution is -0.153. The van der Waals surface area contributed by atoms with Gasteiger partial charge in [-0.2, -0.15) is 0 Å². The van der Waals surface area contributed by atoms with Gasteiger partial charge in [0.15, 0.2) is 18.2 Å². The molecule has 37 heavy (non-hydrogen) atoms. The molecule has 0 amide bonds. The third-order valence-corrected chi connectivity index (χ3v) is 5.89. The van der Waals surface area contributed by atoms with Gasteiger partial charge in [-0.1, -0.05) is 18.2 Å². The zero-order valence-corrected chi connectivity index (χ0v) is 19.7. The van der Waals surface area contributed by atoms with Crippen molar-refractivity contribution in [3.8, 4) is 16.9 Å².